The van der Waals surface area contributed by atoms with Crippen molar-refractivity contribution in [1.82, 2.24) is 0 Å². The van der Waals surface area contributed by atoms with E-state index in [-0.39, 0.29) is 13.2 Å². The number of carbonyl (C=O) groups excluding carboxylic acids is 1. The van der Waals surface area contributed by atoms with Gasteiger partial charge in [-0.15, -0.1) is 0 Å². The second-order valence-electron chi connectivity index (χ2n) is 8.07. The van der Waals surface area contributed by atoms with Gasteiger partial charge in [0.2, 0.25) is 6.29 Å². The van der Waals surface area contributed by atoms with E-state index in [0.29, 0.717) is 17.7 Å². The summed E-state index contributed by atoms with van der Waals surface area (Å²) in [4.78, 5) is 11.5. The summed E-state index contributed by atoms with van der Waals surface area (Å²) >= 11 is 0. The summed E-state index contributed by atoms with van der Waals surface area (Å²) in [6, 6.07) is 13.4. The van der Waals surface area contributed by atoms with Gasteiger partial charge in [-0.1, -0.05) is 43.3 Å². The molecule has 5 atom stereocenters. The summed E-state index contributed by atoms with van der Waals surface area (Å²) in [5.41, 5.74) is 3.63. The van der Waals surface area contributed by atoms with Gasteiger partial charge in [0.1, 0.15) is 36.8 Å². The zero-order chi connectivity index (χ0) is 24.7. The fourth-order valence-electron chi connectivity index (χ4n) is 3.65. The predicted octanol–water partition coefficient (Wildman–Crippen LogP) is 1.69. The Kier molecular flexibility index (Phi) is 9.26. The molecule has 1 aliphatic heterocycles. The Labute approximate surface area is 198 Å². The molecule has 0 aliphatic carbocycles. The smallest absolute Gasteiger partial charge is 0.462 e. The molecular weight excluding hydrogens is 444 g/mol. The number of hydrogen-bond donors (Lipinski definition) is 4. The van der Waals surface area contributed by atoms with E-state index in [1.165, 1.54) is 5.56 Å². The van der Waals surface area contributed by atoms with Crippen molar-refractivity contribution in [2.75, 3.05) is 13.2 Å². The Morgan fingerprint density at radius 3 is 2.24 bits per heavy atom. The van der Waals surface area contributed by atoms with Crippen LogP contribution in [0.3, 0.4) is 0 Å². The number of hydrogen-bond acceptors (Lipinski definition) is 9. The zero-order valence-corrected chi connectivity index (χ0v) is 19.3. The lowest BCUT2D eigenvalue weighted by atomic mass is 9.98. The first-order chi connectivity index (χ1) is 16.4. The van der Waals surface area contributed by atoms with Gasteiger partial charge < -0.3 is 39.4 Å². The van der Waals surface area contributed by atoms with Crippen molar-refractivity contribution in [3.63, 3.8) is 0 Å². The van der Waals surface area contributed by atoms with E-state index in [9.17, 15) is 25.2 Å². The Morgan fingerprint density at radius 2 is 1.59 bits per heavy atom. The lowest BCUT2D eigenvalue weighted by molar-refractivity contribution is -0.278. The van der Waals surface area contributed by atoms with Crippen LogP contribution in [-0.4, -0.2) is 70.5 Å². The van der Waals surface area contributed by atoms with Gasteiger partial charge in [0.05, 0.1) is 13.2 Å². The summed E-state index contributed by atoms with van der Waals surface area (Å²) in [6.07, 6.45) is -6.67. The quantitative estimate of drug-likeness (QED) is 0.399. The van der Waals surface area contributed by atoms with Crippen molar-refractivity contribution in [3.05, 3.63) is 64.7 Å². The molecular formula is C25H32O9. The second-order valence-corrected chi connectivity index (χ2v) is 8.07. The molecule has 1 aliphatic rings. The SMILES string of the molecule is CCOC(=O)OC[C@H]1OC(Oc2cc(CO)ccc2Cc2ccc(CC)cc2)[C@H](O)[C@@H](O)[C@@H]1O. The number of ether oxygens (including phenoxy) is 4. The first kappa shape index (κ1) is 25.9. The van der Waals surface area contributed by atoms with Crippen molar-refractivity contribution in [2.45, 2.75) is 64.0 Å². The highest BCUT2D eigenvalue weighted by Gasteiger charge is 2.45. The van der Waals surface area contributed by atoms with Crippen LogP contribution < -0.4 is 4.74 Å². The van der Waals surface area contributed by atoms with Gasteiger partial charge >= 0.3 is 6.16 Å². The number of aliphatic hydroxyl groups is 4. The van der Waals surface area contributed by atoms with Crippen molar-refractivity contribution in [2.24, 2.45) is 0 Å². The monoisotopic (exact) mass is 476 g/mol. The minimum atomic E-state index is -1.60. The number of carbonyl (C=O) groups is 1. The van der Waals surface area contributed by atoms with Gasteiger partial charge in [0.15, 0.2) is 0 Å². The molecule has 0 bridgehead atoms. The fraction of sp³-hybridized carbons (Fsp3) is 0.480. The minimum Gasteiger partial charge on any atom is -0.462 e. The van der Waals surface area contributed by atoms with Crippen LogP contribution in [0, 0.1) is 0 Å². The van der Waals surface area contributed by atoms with Crippen LogP contribution in [0.25, 0.3) is 0 Å². The average Bonchev–Trinajstić information content (AvgIpc) is 2.85. The van der Waals surface area contributed by atoms with E-state index >= 15 is 0 Å². The lowest BCUT2D eigenvalue weighted by Crippen LogP contribution is -2.60. The standard InChI is InChI=1S/C25H32O9/c1-3-15-5-7-16(8-6-15)11-18-10-9-17(13-26)12-19(18)33-24-23(29)22(28)21(27)20(34-24)14-32-25(30)31-4-2/h5-10,12,20-24,26-29H,3-4,11,13-14H2,1-2H3/t20-,21-,22+,23-,24?/m1/s1. The van der Waals surface area contributed by atoms with Gasteiger partial charge in [0.25, 0.3) is 0 Å². The van der Waals surface area contributed by atoms with Crippen LogP contribution in [0.4, 0.5) is 4.79 Å². The third-order valence-corrected chi connectivity index (χ3v) is 5.68. The van der Waals surface area contributed by atoms with E-state index in [1.54, 1.807) is 19.1 Å². The normalized spacial score (nSPS) is 24.5. The summed E-state index contributed by atoms with van der Waals surface area (Å²) in [6.45, 7) is 3.20. The van der Waals surface area contributed by atoms with Gasteiger partial charge in [0, 0.05) is 6.42 Å². The molecule has 1 saturated heterocycles. The molecule has 0 amide bonds. The summed E-state index contributed by atoms with van der Waals surface area (Å²) in [5.74, 6) is 0.351. The maximum absolute atomic E-state index is 11.5. The average molecular weight is 477 g/mol. The van der Waals surface area contributed by atoms with Crippen LogP contribution in [0.5, 0.6) is 5.75 Å². The fourth-order valence-corrected chi connectivity index (χ4v) is 3.65. The number of aryl methyl sites for hydroxylation is 1. The molecule has 3 rings (SSSR count). The van der Waals surface area contributed by atoms with Gasteiger partial charge in [-0.05, 0) is 41.7 Å². The summed E-state index contributed by atoms with van der Waals surface area (Å²) in [7, 11) is 0. The van der Waals surface area contributed by atoms with Gasteiger partial charge in [-0.3, -0.25) is 0 Å². The number of rotatable bonds is 9. The number of aliphatic hydroxyl groups excluding tert-OH is 4. The molecule has 34 heavy (non-hydrogen) atoms. The highest BCUT2D eigenvalue weighted by atomic mass is 16.7. The molecule has 1 heterocycles. The zero-order valence-electron chi connectivity index (χ0n) is 19.3. The van der Waals surface area contributed by atoms with Crippen molar-refractivity contribution in [3.8, 4) is 5.75 Å². The van der Waals surface area contributed by atoms with E-state index in [1.807, 2.05) is 18.2 Å². The van der Waals surface area contributed by atoms with E-state index in [2.05, 4.69) is 23.8 Å². The van der Waals surface area contributed by atoms with Crippen molar-refractivity contribution < 1.29 is 44.2 Å². The summed E-state index contributed by atoms with van der Waals surface area (Å²) in [5, 5.41) is 40.6. The Hall–Kier alpha value is -2.69. The van der Waals surface area contributed by atoms with Crippen LogP contribution >= 0.6 is 0 Å². The van der Waals surface area contributed by atoms with Crippen LogP contribution in [0.15, 0.2) is 42.5 Å². The molecule has 9 nitrogen and oxygen atoms in total. The first-order valence-corrected chi connectivity index (χ1v) is 11.3. The van der Waals surface area contributed by atoms with Crippen molar-refractivity contribution >= 4 is 6.16 Å². The molecule has 1 fully saturated rings. The largest absolute Gasteiger partial charge is 0.508 e. The van der Waals surface area contributed by atoms with Crippen LogP contribution in [0.2, 0.25) is 0 Å². The Bertz CT molecular complexity index is 930. The highest BCUT2D eigenvalue weighted by Crippen LogP contribution is 2.29. The molecule has 9 heteroatoms. The minimum absolute atomic E-state index is 0.116. The molecule has 0 saturated carbocycles. The predicted molar refractivity (Wildman–Crippen MR) is 121 cm³/mol. The maximum Gasteiger partial charge on any atom is 0.508 e. The molecule has 0 aromatic heterocycles. The third-order valence-electron chi connectivity index (χ3n) is 5.68. The molecule has 0 spiro atoms. The van der Waals surface area contributed by atoms with E-state index < -0.39 is 43.5 Å². The molecule has 2 aromatic rings. The van der Waals surface area contributed by atoms with Crippen LogP contribution in [0.1, 0.15) is 36.1 Å². The van der Waals surface area contributed by atoms with Gasteiger partial charge in [-0.2, -0.15) is 0 Å². The number of benzene rings is 2. The third kappa shape index (κ3) is 6.46. The Balaban J connectivity index is 1.78. The molecule has 2 aromatic carbocycles. The van der Waals surface area contributed by atoms with Crippen molar-refractivity contribution in [1.29, 1.82) is 0 Å². The van der Waals surface area contributed by atoms with Crippen LogP contribution in [-0.2, 0) is 33.7 Å². The highest BCUT2D eigenvalue weighted by molar-refractivity contribution is 5.59. The lowest BCUT2D eigenvalue weighted by Gasteiger charge is -2.40. The molecule has 1 unspecified atom stereocenters. The molecule has 0 radical (unpaired) electrons. The van der Waals surface area contributed by atoms with E-state index in [0.717, 1.165) is 17.5 Å². The maximum atomic E-state index is 11.5. The topological polar surface area (TPSA) is 135 Å². The Morgan fingerprint density at radius 1 is 0.912 bits per heavy atom. The summed E-state index contributed by atoms with van der Waals surface area (Å²) < 4.78 is 21.2. The van der Waals surface area contributed by atoms with E-state index in [4.69, 9.17) is 14.2 Å². The molecule has 186 valence electrons. The second kappa shape index (κ2) is 12.1. The first-order valence-electron chi connectivity index (χ1n) is 11.3. The molecule has 4 N–H and O–H groups in total. The van der Waals surface area contributed by atoms with Gasteiger partial charge in [-0.25, -0.2) is 4.79 Å².